The highest BCUT2D eigenvalue weighted by atomic mass is 19.1. The number of benzene rings is 3. The molecule has 3 rings (SSSR count). The van der Waals surface area contributed by atoms with Crippen molar-refractivity contribution in [3.63, 3.8) is 0 Å². The van der Waals surface area contributed by atoms with E-state index in [0.717, 1.165) is 0 Å². The quantitative estimate of drug-likeness (QED) is 0.360. The van der Waals surface area contributed by atoms with E-state index >= 15 is 0 Å². The van der Waals surface area contributed by atoms with Crippen LogP contribution in [0.1, 0.15) is 28.4 Å². The summed E-state index contributed by atoms with van der Waals surface area (Å²) in [6, 6.07) is 16.3. The number of hydrazone groups is 1. The van der Waals surface area contributed by atoms with Crippen LogP contribution < -0.4 is 24.4 Å². The van der Waals surface area contributed by atoms with Gasteiger partial charge >= 0.3 is 0 Å². The van der Waals surface area contributed by atoms with Gasteiger partial charge in [-0.2, -0.15) is 5.10 Å². The molecule has 3 aromatic rings. The van der Waals surface area contributed by atoms with Crippen LogP contribution in [0.5, 0.6) is 23.0 Å². The van der Waals surface area contributed by atoms with Crippen molar-refractivity contribution in [2.24, 2.45) is 5.10 Å². The van der Waals surface area contributed by atoms with Crippen LogP contribution in [0.25, 0.3) is 0 Å². The van der Waals surface area contributed by atoms with Crippen LogP contribution >= 0.6 is 0 Å². The van der Waals surface area contributed by atoms with Gasteiger partial charge in [-0.1, -0.05) is 12.1 Å². The molecule has 172 valence electrons. The van der Waals surface area contributed by atoms with Gasteiger partial charge in [0.25, 0.3) is 5.91 Å². The molecule has 0 radical (unpaired) electrons. The van der Waals surface area contributed by atoms with Crippen molar-refractivity contribution in [1.82, 2.24) is 5.43 Å². The molecule has 0 aliphatic heterocycles. The molecule has 33 heavy (non-hydrogen) atoms. The number of rotatable bonds is 10. The summed E-state index contributed by atoms with van der Waals surface area (Å²) in [7, 11) is 3.03. The SMILES string of the molecule is CCOc1ccc(C(=O)N/N=C/c2ccc(OCc3cccc(F)c3)c(OC)c2)cc1OC. The molecule has 7 nitrogen and oxygen atoms in total. The average molecular weight is 452 g/mol. The molecule has 0 atom stereocenters. The number of ether oxygens (including phenoxy) is 4. The Balaban J connectivity index is 1.63. The van der Waals surface area contributed by atoms with Gasteiger partial charge in [0.2, 0.25) is 0 Å². The maximum atomic E-state index is 13.3. The van der Waals surface area contributed by atoms with Crippen molar-refractivity contribution >= 4 is 12.1 Å². The van der Waals surface area contributed by atoms with Gasteiger partial charge in [0.05, 0.1) is 27.0 Å². The van der Waals surface area contributed by atoms with E-state index in [4.69, 9.17) is 18.9 Å². The first-order valence-electron chi connectivity index (χ1n) is 10.2. The number of amides is 1. The van der Waals surface area contributed by atoms with E-state index < -0.39 is 5.91 Å². The lowest BCUT2D eigenvalue weighted by atomic mass is 10.2. The maximum Gasteiger partial charge on any atom is 0.271 e. The second-order valence-electron chi connectivity index (χ2n) is 6.83. The fourth-order valence-electron chi connectivity index (χ4n) is 2.99. The van der Waals surface area contributed by atoms with Crippen LogP contribution in [0.4, 0.5) is 4.39 Å². The fraction of sp³-hybridized carbons (Fsp3) is 0.200. The molecule has 0 heterocycles. The molecule has 1 N–H and O–H groups in total. The van der Waals surface area contributed by atoms with E-state index in [2.05, 4.69) is 10.5 Å². The lowest BCUT2D eigenvalue weighted by Gasteiger charge is -2.11. The number of methoxy groups -OCH3 is 2. The molecular formula is C25H25FN2O5. The van der Waals surface area contributed by atoms with E-state index in [1.807, 2.05) is 6.92 Å². The van der Waals surface area contributed by atoms with Crippen LogP contribution in [0.2, 0.25) is 0 Å². The summed E-state index contributed by atoms with van der Waals surface area (Å²) in [5.74, 6) is 1.30. The van der Waals surface area contributed by atoms with Crippen molar-refractivity contribution in [1.29, 1.82) is 0 Å². The molecule has 0 saturated carbocycles. The zero-order valence-electron chi connectivity index (χ0n) is 18.6. The van der Waals surface area contributed by atoms with Crippen molar-refractivity contribution in [3.8, 4) is 23.0 Å². The van der Waals surface area contributed by atoms with Crippen LogP contribution in [-0.4, -0.2) is 32.9 Å². The van der Waals surface area contributed by atoms with Gasteiger partial charge in [0, 0.05) is 5.56 Å². The predicted octanol–water partition coefficient (Wildman–Crippen LogP) is 4.58. The Labute approximate surface area is 191 Å². The number of nitrogens with zero attached hydrogens (tertiary/aromatic N) is 1. The van der Waals surface area contributed by atoms with Crippen molar-refractivity contribution in [2.45, 2.75) is 13.5 Å². The Kier molecular flexibility index (Phi) is 8.24. The topological polar surface area (TPSA) is 78.4 Å². The first-order valence-corrected chi connectivity index (χ1v) is 10.2. The predicted molar refractivity (Wildman–Crippen MR) is 123 cm³/mol. The molecule has 0 aromatic heterocycles. The maximum absolute atomic E-state index is 13.3. The average Bonchev–Trinajstić information content (AvgIpc) is 2.83. The zero-order valence-corrected chi connectivity index (χ0v) is 18.6. The highest BCUT2D eigenvalue weighted by molar-refractivity contribution is 5.95. The summed E-state index contributed by atoms with van der Waals surface area (Å²) in [4.78, 5) is 12.4. The van der Waals surface area contributed by atoms with Crippen LogP contribution in [0.15, 0.2) is 65.8 Å². The Hall–Kier alpha value is -4.07. The lowest BCUT2D eigenvalue weighted by molar-refractivity contribution is 0.0954. The van der Waals surface area contributed by atoms with E-state index in [-0.39, 0.29) is 12.4 Å². The molecule has 3 aromatic carbocycles. The van der Waals surface area contributed by atoms with Crippen molar-refractivity contribution in [3.05, 3.63) is 83.2 Å². The highest BCUT2D eigenvalue weighted by Gasteiger charge is 2.11. The molecule has 0 bridgehead atoms. The summed E-state index contributed by atoms with van der Waals surface area (Å²) in [5, 5.41) is 4.01. The third-order valence-corrected chi connectivity index (χ3v) is 4.58. The Bertz CT molecular complexity index is 1130. The third-order valence-electron chi connectivity index (χ3n) is 4.58. The normalized spacial score (nSPS) is 10.7. The Morgan fingerprint density at radius 2 is 1.67 bits per heavy atom. The number of nitrogens with one attached hydrogen (secondary N) is 1. The molecule has 0 unspecified atom stereocenters. The van der Waals surface area contributed by atoms with Gasteiger partial charge in [-0.25, -0.2) is 9.82 Å². The number of carbonyl (C=O) groups is 1. The van der Waals surface area contributed by atoms with Crippen molar-refractivity contribution in [2.75, 3.05) is 20.8 Å². The second-order valence-corrected chi connectivity index (χ2v) is 6.83. The summed E-state index contributed by atoms with van der Waals surface area (Å²) in [6.07, 6.45) is 1.49. The largest absolute Gasteiger partial charge is 0.493 e. The molecule has 0 aliphatic rings. The molecule has 0 fully saturated rings. The number of halogens is 1. The lowest BCUT2D eigenvalue weighted by Crippen LogP contribution is -2.17. The molecule has 0 aliphatic carbocycles. The zero-order chi connectivity index (χ0) is 23.6. The van der Waals surface area contributed by atoms with E-state index in [9.17, 15) is 9.18 Å². The first-order chi connectivity index (χ1) is 16.0. The summed E-state index contributed by atoms with van der Waals surface area (Å²) < 4.78 is 35.2. The minimum Gasteiger partial charge on any atom is -0.493 e. The van der Waals surface area contributed by atoms with Gasteiger partial charge in [-0.05, 0) is 66.6 Å². The Morgan fingerprint density at radius 1 is 0.939 bits per heavy atom. The molecule has 1 amide bonds. The number of carbonyl (C=O) groups excluding carboxylic acids is 1. The number of hydrogen-bond donors (Lipinski definition) is 1. The van der Waals surface area contributed by atoms with E-state index in [1.165, 1.54) is 32.6 Å². The molecular weight excluding hydrogens is 427 g/mol. The minimum atomic E-state index is -0.394. The standard InChI is InChI=1S/C25H25FN2O5/c1-4-32-21-11-9-19(14-24(21)31-3)25(29)28-27-15-17-8-10-22(23(13-17)30-2)33-16-18-6-5-7-20(26)12-18/h5-15H,4,16H2,1-3H3,(H,28,29)/b27-15+. The summed E-state index contributed by atoms with van der Waals surface area (Å²) in [6.45, 7) is 2.56. The van der Waals surface area contributed by atoms with Crippen molar-refractivity contribution < 1.29 is 28.1 Å². The monoisotopic (exact) mass is 452 g/mol. The van der Waals surface area contributed by atoms with Gasteiger partial charge in [-0.3, -0.25) is 4.79 Å². The molecule has 0 saturated heterocycles. The second kappa shape index (κ2) is 11.5. The van der Waals surface area contributed by atoms with Gasteiger partial charge in [0.1, 0.15) is 12.4 Å². The van der Waals surface area contributed by atoms with Gasteiger partial charge in [-0.15, -0.1) is 0 Å². The first kappa shape index (κ1) is 23.6. The summed E-state index contributed by atoms with van der Waals surface area (Å²) >= 11 is 0. The number of hydrogen-bond acceptors (Lipinski definition) is 6. The Morgan fingerprint density at radius 3 is 2.39 bits per heavy atom. The van der Waals surface area contributed by atoms with Gasteiger partial charge < -0.3 is 18.9 Å². The molecule has 8 heteroatoms. The highest BCUT2D eigenvalue weighted by Crippen LogP contribution is 2.29. The van der Waals surface area contributed by atoms with Crippen LogP contribution in [-0.2, 0) is 6.61 Å². The van der Waals surface area contributed by atoms with Gasteiger partial charge in [0.15, 0.2) is 23.0 Å². The molecule has 0 spiro atoms. The smallest absolute Gasteiger partial charge is 0.271 e. The van der Waals surface area contributed by atoms with E-state index in [1.54, 1.807) is 48.5 Å². The minimum absolute atomic E-state index is 0.198. The summed E-state index contributed by atoms with van der Waals surface area (Å²) in [5.41, 5.74) is 4.26. The van der Waals surface area contributed by atoms with E-state index in [0.29, 0.717) is 46.3 Å². The van der Waals surface area contributed by atoms with Crippen LogP contribution in [0, 0.1) is 5.82 Å². The van der Waals surface area contributed by atoms with Crippen LogP contribution in [0.3, 0.4) is 0 Å². The third kappa shape index (κ3) is 6.46. The fourth-order valence-corrected chi connectivity index (χ4v) is 2.99.